The van der Waals surface area contributed by atoms with Gasteiger partial charge in [-0.3, -0.25) is 0 Å². The van der Waals surface area contributed by atoms with Crippen LogP contribution in [0.5, 0.6) is 0 Å². The zero-order chi connectivity index (χ0) is 15.4. The molecule has 0 fully saturated rings. The minimum Gasteiger partial charge on any atom is -0.339 e. The van der Waals surface area contributed by atoms with Gasteiger partial charge in [0.2, 0.25) is 5.89 Å². The molecule has 1 aromatic heterocycles. The molecular weight excluding hydrogens is 293 g/mol. The number of nitrogens with zero attached hydrogens (tertiary/aromatic N) is 2. The van der Waals surface area contributed by atoms with Gasteiger partial charge in [0.25, 0.3) is 0 Å². The summed E-state index contributed by atoms with van der Waals surface area (Å²) < 4.78 is 19.1. The molecule has 1 N–H and O–H groups in total. The van der Waals surface area contributed by atoms with Gasteiger partial charge < -0.3 is 9.84 Å². The summed E-state index contributed by atoms with van der Waals surface area (Å²) in [6.07, 6.45) is 1.17. The molecule has 0 spiro atoms. The Balaban J connectivity index is 2.17. The van der Waals surface area contributed by atoms with E-state index in [1.54, 1.807) is 12.1 Å². The van der Waals surface area contributed by atoms with E-state index in [4.69, 9.17) is 16.1 Å². The molecule has 21 heavy (non-hydrogen) atoms. The van der Waals surface area contributed by atoms with Gasteiger partial charge >= 0.3 is 0 Å². The third-order valence-corrected chi connectivity index (χ3v) is 4.04. The molecule has 0 radical (unpaired) electrons. The normalized spacial score (nSPS) is 14.1. The van der Waals surface area contributed by atoms with Crippen molar-refractivity contribution in [2.24, 2.45) is 0 Å². The Bertz CT molecular complexity index is 578. The highest BCUT2D eigenvalue weighted by Gasteiger charge is 2.22. The topological polar surface area (TPSA) is 51.0 Å². The number of halogens is 2. The lowest BCUT2D eigenvalue weighted by molar-refractivity contribution is 0.324. The van der Waals surface area contributed by atoms with Crippen LogP contribution >= 0.6 is 11.6 Å². The van der Waals surface area contributed by atoms with E-state index in [1.165, 1.54) is 6.07 Å². The molecule has 0 aliphatic rings. The van der Waals surface area contributed by atoms with Gasteiger partial charge in [0.1, 0.15) is 5.82 Å². The van der Waals surface area contributed by atoms with Crippen LogP contribution in [0.2, 0.25) is 5.02 Å². The highest BCUT2D eigenvalue weighted by molar-refractivity contribution is 6.31. The van der Waals surface area contributed by atoms with Gasteiger partial charge in [-0.05, 0) is 25.6 Å². The molecular formula is C15H19ClFN3O. The zero-order valence-corrected chi connectivity index (χ0v) is 13.1. The largest absolute Gasteiger partial charge is 0.339 e. The Kier molecular flexibility index (Phi) is 5.31. The molecule has 2 atom stereocenters. The van der Waals surface area contributed by atoms with Crippen LogP contribution in [-0.4, -0.2) is 23.2 Å². The van der Waals surface area contributed by atoms with Crippen molar-refractivity contribution in [3.63, 3.8) is 0 Å². The summed E-state index contributed by atoms with van der Waals surface area (Å²) in [4.78, 5) is 4.36. The van der Waals surface area contributed by atoms with Crippen LogP contribution in [0.25, 0.3) is 0 Å². The average Bonchev–Trinajstić information content (AvgIpc) is 2.93. The van der Waals surface area contributed by atoms with Gasteiger partial charge in [0.05, 0.1) is 5.92 Å². The number of rotatable bonds is 6. The minimum atomic E-state index is -0.358. The molecule has 0 aliphatic heterocycles. The zero-order valence-electron chi connectivity index (χ0n) is 12.4. The standard InChI is InChI=1S/C15H19ClFN3O/c1-4-13(18-3)9(2)15-19-14(20-21-15)8-10-11(16)6-5-7-12(10)17/h5-7,9,13,18H,4,8H2,1-3H3. The molecule has 0 saturated carbocycles. The monoisotopic (exact) mass is 311 g/mol. The predicted octanol–water partition coefficient (Wildman–Crippen LogP) is 3.55. The number of hydrogen-bond acceptors (Lipinski definition) is 4. The van der Waals surface area contributed by atoms with Crippen LogP contribution in [0.15, 0.2) is 22.7 Å². The second-order valence-corrected chi connectivity index (χ2v) is 5.43. The van der Waals surface area contributed by atoms with Gasteiger partial charge in [-0.2, -0.15) is 4.98 Å². The Morgan fingerprint density at radius 3 is 2.81 bits per heavy atom. The van der Waals surface area contributed by atoms with Gasteiger partial charge in [0.15, 0.2) is 5.82 Å². The number of benzene rings is 1. The lowest BCUT2D eigenvalue weighted by atomic mass is 10.00. The van der Waals surface area contributed by atoms with Crippen molar-refractivity contribution in [2.75, 3.05) is 7.05 Å². The molecule has 0 aliphatic carbocycles. The van der Waals surface area contributed by atoms with E-state index in [0.717, 1.165) is 6.42 Å². The van der Waals surface area contributed by atoms with E-state index < -0.39 is 0 Å². The van der Waals surface area contributed by atoms with E-state index in [-0.39, 0.29) is 24.2 Å². The van der Waals surface area contributed by atoms with Crippen molar-refractivity contribution >= 4 is 11.6 Å². The number of aromatic nitrogens is 2. The molecule has 2 rings (SSSR count). The summed E-state index contributed by atoms with van der Waals surface area (Å²) in [5.74, 6) is 0.731. The van der Waals surface area contributed by atoms with Crippen LogP contribution in [-0.2, 0) is 6.42 Å². The van der Waals surface area contributed by atoms with Crippen molar-refractivity contribution in [3.8, 4) is 0 Å². The van der Waals surface area contributed by atoms with Crippen LogP contribution in [0.4, 0.5) is 4.39 Å². The van der Waals surface area contributed by atoms with Crippen LogP contribution in [0.1, 0.15) is 43.5 Å². The molecule has 1 heterocycles. The molecule has 4 nitrogen and oxygen atoms in total. The van der Waals surface area contributed by atoms with Crippen LogP contribution in [0, 0.1) is 5.82 Å². The summed E-state index contributed by atoms with van der Waals surface area (Å²) in [5.41, 5.74) is 0.389. The van der Waals surface area contributed by atoms with Gasteiger partial charge in [0, 0.05) is 23.0 Å². The first-order chi connectivity index (χ1) is 10.1. The van der Waals surface area contributed by atoms with Crippen molar-refractivity contribution in [2.45, 2.75) is 38.6 Å². The molecule has 0 amide bonds. The predicted molar refractivity (Wildman–Crippen MR) is 80.1 cm³/mol. The summed E-state index contributed by atoms with van der Waals surface area (Å²) in [5, 5.41) is 7.52. The molecule has 0 bridgehead atoms. The Morgan fingerprint density at radius 1 is 1.43 bits per heavy atom. The molecule has 2 unspecified atom stereocenters. The number of nitrogens with one attached hydrogen (secondary N) is 1. The first-order valence-electron chi connectivity index (χ1n) is 6.99. The Labute approximate surface area is 128 Å². The molecule has 0 saturated heterocycles. The third-order valence-electron chi connectivity index (χ3n) is 3.68. The molecule has 6 heteroatoms. The van der Waals surface area contributed by atoms with Gasteiger partial charge in [-0.25, -0.2) is 4.39 Å². The third kappa shape index (κ3) is 3.60. The molecule has 2 aromatic rings. The first kappa shape index (κ1) is 15.9. The fourth-order valence-corrected chi connectivity index (χ4v) is 2.59. The smallest absolute Gasteiger partial charge is 0.231 e. The molecule has 1 aromatic carbocycles. The van der Waals surface area contributed by atoms with E-state index in [0.29, 0.717) is 22.3 Å². The lowest BCUT2D eigenvalue weighted by Gasteiger charge is -2.18. The minimum absolute atomic E-state index is 0.0948. The second-order valence-electron chi connectivity index (χ2n) is 5.02. The van der Waals surface area contributed by atoms with Gasteiger partial charge in [-0.1, -0.05) is 36.7 Å². The number of hydrogen-bond donors (Lipinski definition) is 1. The quantitative estimate of drug-likeness (QED) is 0.886. The Hall–Kier alpha value is -1.46. The van der Waals surface area contributed by atoms with Crippen molar-refractivity contribution in [1.82, 2.24) is 15.5 Å². The lowest BCUT2D eigenvalue weighted by Crippen LogP contribution is -2.30. The average molecular weight is 312 g/mol. The Morgan fingerprint density at radius 2 is 2.19 bits per heavy atom. The second kappa shape index (κ2) is 7.00. The maximum absolute atomic E-state index is 13.8. The highest BCUT2D eigenvalue weighted by atomic mass is 35.5. The summed E-state index contributed by atoms with van der Waals surface area (Å²) in [6.45, 7) is 4.12. The van der Waals surface area contributed by atoms with Crippen LogP contribution in [0.3, 0.4) is 0 Å². The fourth-order valence-electron chi connectivity index (χ4n) is 2.36. The van der Waals surface area contributed by atoms with Gasteiger partial charge in [-0.15, -0.1) is 0 Å². The number of likely N-dealkylation sites (N-methyl/N-ethyl adjacent to an activating group) is 1. The fraction of sp³-hybridized carbons (Fsp3) is 0.467. The van der Waals surface area contributed by atoms with E-state index in [1.807, 2.05) is 14.0 Å². The van der Waals surface area contributed by atoms with Crippen molar-refractivity contribution in [1.29, 1.82) is 0 Å². The summed E-state index contributed by atoms with van der Waals surface area (Å²) in [7, 11) is 1.90. The van der Waals surface area contributed by atoms with E-state index in [2.05, 4.69) is 22.4 Å². The summed E-state index contributed by atoms with van der Waals surface area (Å²) >= 11 is 6.01. The first-order valence-corrected chi connectivity index (χ1v) is 7.37. The maximum atomic E-state index is 13.8. The highest BCUT2D eigenvalue weighted by Crippen LogP contribution is 2.23. The molecule has 114 valence electrons. The van der Waals surface area contributed by atoms with Crippen molar-refractivity contribution in [3.05, 3.63) is 46.3 Å². The van der Waals surface area contributed by atoms with Crippen LogP contribution < -0.4 is 5.32 Å². The maximum Gasteiger partial charge on any atom is 0.231 e. The van der Waals surface area contributed by atoms with E-state index in [9.17, 15) is 4.39 Å². The summed E-state index contributed by atoms with van der Waals surface area (Å²) in [6, 6.07) is 4.86. The SMILES string of the molecule is CCC(NC)C(C)c1nc(Cc2c(F)cccc2Cl)no1. The van der Waals surface area contributed by atoms with E-state index >= 15 is 0 Å². The van der Waals surface area contributed by atoms with Crippen molar-refractivity contribution < 1.29 is 8.91 Å².